The second-order valence-corrected chi connectivity index (χ2v) is 9.18. The highest BCUT2D eigenvalue weighted by molar-refractivity contribution is 7.92. The maximum atomic E-state index is 14.1. The van der Waals surface area contributed by atoms with E-state index >= 15 is 0 Å². The lowest BCUT2D eigenvalue weighted by Gasteiger charge is -2.16. The molecule has 3 aromatic carbocycles. The zero-order valence-corrected chi connectivity index (χ0v) is 17.9. The third-order valence-corrected chi connectivity index (χ3v) is 6.60. The summed E-state index contributed by atoms with van der Waals surface area (Å²) in [4.78, 5) is 0.0808. The molecule has 0 unspecified atom stereocenters. The van der Waals surface area contributed by atoms with Gasteiger partial charge in [0.1, 0.15) is 11.6 Å². The van der Waals surface area contributed by atoms with Gasteiger partial charge in [-0.25, -0.2) is 17.2 Å². The van der Waals surface area contributed by atoms with E-state index in [9.17, 15) is 17.2 Å². The Labute approximate surface area is 178 Å². The van der Waals surface area contributed by atoms with Crippen LogP contribution in [0.3, 0.4) is 0 Å². The third kappa shape index (κ3) is 4.89. The molecule has 3 rings (SSSR count). The van der Waals surface area contributed by atoms with Gasteiger partial charge in [0.2, 0.25) is 0 Å². The number of benzene rings is 3. The summed E-state index contributed by atoms with van der Waals surface area (Å²) in [7, 11) is -3.95. The van der Waals surface area contributed by atoms with Crippen molar-refractivity contribution in [1.29, 1.82) is 0 Å². The first kappa shape index (κ1) is 21.6. The summed E-state index contributed by atoms with van der Waals surface area (Å²) in [5.74, 6) is -1.18. The van der Waals surface area contributed by atoms with Gasteiger partial charge in [-0.15, -0.1) is 0 Å². The van der Waals surface area contributed by atoms with E-state index in [4.69, 9.17) is 23.2 Å². The first-order chi connectivity index (χ1) is 13.6. The average Bonchev–Trinajstić information content (AvgIpc) is 2.63. The molecule has 0 atom stereocenters. The van der Waals surface area contributed by atoms with Crippen LogP contribution >= 0.6 is 23.2 Å². The second kappa shape index (κ2) is 8.30. The van der Waals surface area contributed by atoms with Crippen molar-refractivity contribution >= 4 is 38.9 Å². The van der Waals surface area contributed by atoms with Crippen molar-refractivity contribution in [3.63, 3.8) is 0 Å². The number of hydrogen-bond donors (Lipinski definition) is 1. The van der Waals surface area contributed by atoms with E-state index in [1.807, 2.05) is 0 Å². The van der Waals surface area contributed by atoms with Crippen LogP contribution in [0, 0.1) is 25.5 Å². The van der Waals surface area contributed by atoms with Gasteiger partial charge in [0.05, 0.1) is 10.6 Å². The summed E-state index contributed by atoms with van der Waals surface area (Å²) in [5, 5.41) is 0.813. The lowest BCUT2D eigenvalue weighted by atomic mass is 10.0. The van der Waals surface area contributed by atoms with Crippen molar-refractivity contribution in [3.05, 3.63) is 92.5 Å². The molecule has 3 nitrogen and oxygen atoms in total. The highest BCUT2D eigenvalue weighted by atomic mass is 35.5. The molecule has 152 valence electrons. The fourth-order valence-corrected chi connectivity index (χ4v) is 4.76. The number of rotatable bonds is 5. The fourth-order valence-electron chi connectivity index (χ4n) is 2.94. The van der Waals surface area contributed by atoms with Crippen LogP contribution in [-0.4, -0.2) is 8.42 Å². The largest absolute Gasteiger partial charge is 0.279 e. The predicted molar refractivity (Wildman–Crippen MR) is 112 cm³/mol. The standard InChI is InChI=1S/C21H17Cl2F2NO2S/c1-12-8-21(13(2)7-18(12)23)29(27,28)26-20-6-3-16(22)10-15(20)9-14-11-17(24)4-5-19(14)25/h3-8,10-11,26H,9H2,1-2H3. The van der Waals surface area contributed by atoms with E-state index in [-0.39, 0.29) is 22.6 Å². The first-order valence-electron chi connectivity index (χ1n) is 8.59. The molecule has 0 aromatic heterocycles. The van der Waals surface area contributed by atoms with Crippen LogP contribution in [0.2, 0.25) is 10.0 Å². The minimum absolute atomic E-state index is 0.0410. The molecule has 0 heterocycles. The molecule has 0 aliphatic carbocycles. The smallest absolute Gasteiger partial charge is 0.262 e. The van der Waals surface area contributed by atoms with Crippen molar-refractivity contribution in [2.45, 2.75) is 25.2 Å². The van der Waals surface area contributed by atoms with Gasteiger partial charge in [-0.05, 0) is 84.6 Å². The van der Waals surface area contributed by atoms with Gasteiger partial charge < -0.3 is 0 Å². The Morgan fingerprint density at radius 2 is 1.62 bits per heavy atom. The summed E-state index contributed by atoms with van der Waals surface area (Å²) in [6.07, 6.45) is -0.0410. The van der Waals surface area contributed by atoms with Gasteiger partial charge >= 0.3 is 0 Å². The van der Waals surface area contributed by atoms with Gasteiger partial charge in [-0.3, -0.25) is 4.72 Å². The first-order valence-corrected chi connectivity index (χ1v) is 10.8. The van der Waals surface area contributed by atoms with Crippen LogP contribution in [0.5, 0.6) is 0 Å². The molecule has 0 amide bonds. The van der Waals surface area contributed by atoms with Crippen molar-refractivity contribution in [2.24, 2.45) is 0 Å². The molecule has 8 heteroatoms. The predicted octanol–water partition coefficient (Wildman–Crippen LogP) is 6.28. The van der Waals surface area contributed by atoms with E-state index < -0.39 is 21.7 Å². The van der Waals surface area contributed by atoms with Crippen LogP contribution in [-0.2, 0) is 16.4 Å². The maximum absolute atomic E-state index is 14.1. The molecule has 0 spiro atoms. The normalized spacial score (nSPS) is 11.5. The maximum Gasteiger partial charge on any atom is 0.262 e. The molecule has 0 radical (unpaired) electrons. The molecule has 0 saturated carbocycles. The Morgan fingerprint density at radius 1 is 0.897 bits per heavy atom. The fraction of sp³-hybridized carbons (Fsp3) is 0.143. The SMILES string of the molecule is Cc1cc(S(=O)(=O)Nc2ccc(Cl)cc2Cc2cc(F)ccc2F)c(C)cc1Cl. The van der Waals surface area contributed by atoms with E-state index in [0.717, 1.165) is 18.2 Å². The van der Waals surface area contributed by atoms with E-state index in [1.165, 1.54) is 24.3 Å². The minimum atomic E-state index is -3.95. The van der Waals surface area contributed by atoms with Crippen LogP contribution in [0.25, 0.3) is 0 Å². The Morgan fingerprint density at radius 3 is 2.34 bits per heavy atom. The molecule has 1 N–H and O–H groups in total. The third-order valence-electron chi connectivity index (χ3n) is 4.45. The molecular formula is C21H17Cl2F2NO2S. The Balaban J connectivity index is 2.02. The number of anilines is 1. The van der Waals surface area contributed by atoms with Crippen LogP contribution in [0.1, 0.15) is 22.3 Å². The lowest BCUT2D eigenvalue weighted by Crippen LogP contribution is -2.16. The average molecular weight is 456 g/mol. The van der Waals surface area contributed by atoms with E-state index in [0.29, 0.717) is 26.7 Å². The monoisotopic (exact) mass is 455 g/mol. The van der Waals surface area contributed by atoms with Gasteiger partial charge in [-0.2, -0.15) is 0 Å². The quantitative estimate of drug-likeness (QED) is 0.491. The zero-order valence-electron chi connectivity index (χ0n) is 15.6. The van der Waals surface area contributed by atoms with Gasteiger partial charge in [0, 0.05) is 16.5 Å². The molecule has 29 heavy (non-hydrogen) atoms. The highest BCUT2D eigenvalue weighted by Crippen LogP contribution is 2.29. The number of sulfonamides is 1. The molecule has 0 saturated heterocycles. The zero-order chi connectivity index (χ0) is 21.3. The molecule has 0 fully saturated rings. The van der Waals surface area contributed by atoms with Gasteiger partial charge in [0.25, 0.3) is 10.0 Å². The van der Waals surface area contributed by atoms with E-state index in [1.54, 1.807) is 19.9 Å². The van der Waals surface area contributed by atoms with Crippen molar-refractivity contribution < 1.29 is 17.2 Å². The van der Waals surface area contributed by atoms with Crippen LogP contribution in [0.15, 0.2) is 53.4 Å². The molecule has 3 aromatic rings. The summed E-state index contributed by atoms with van der Waals surface area (Å²) < 4.78 is 56.1. The van der Waals surface area contributed by atoms with Gasteiger partial charge in [-0.1, -0.05) is 23.2 Å². The second-order valence-electron chi connectivity index (χ2n) is 6.69. The Kier molecular flexibility index (Phi) is 6.17. The van der Waals surface area contributed by atoms with E-state index in [2.05, 4.69) is 4.72 Å². The van der Waals surface area contributed by atoms with Crippen molar-refractivity contribution in [1.82, 2.24) is 0 Å². The number of hydrogen-bond acceptors (Lipinski definition) is 2. The summed E-state index contributed by atoms with van der Waals surface area (Å²) in [6.45, 7) is 3.35. The topological polar surface area (TPSA) is 46.2 Å². The van der Waals surface area contributed by atoms with Gasteiger partial charge in [0.15, 0.2) is 0 Å². The van der Waals surface area contributed by atoms with Crippen molar-refractivity contribution in [2.75, 3.05) is 4.72 Å². The number of halogens is 4. The Bertz CT molecular complexity index is 1200. The number of nitrogens with one attached hydrogen (secondary N) is 1. The summed E-state index contributed by atoms with van der Waals surface area (Å²) in [5.41, 5.74) is 1.83. The van der Waals surface area contributed by atoms with Crippen LogP contribution < -0.4 is 4.72 Å². The minimum Gasteiger partial charge on any atom is -0.279 e. The van der Waals surface area contributed by atoms with Crippen molar-refractivity contribution in [3.8, 4) is 0 Å². The van der Waals surface area contributed by atoms with Crippen LogP contribution in [0.4, 0.5) is 14.5 Å². The Hall–Kier alpha value is -2.15. The number of aryl methyl sites for hydroxylation is 2. The summed E-state index contributed by atoms with van der Waals surface area (Å²) in [6, 6.07) is 10.7. The highest BCUT2D eigenvalue weighted by Gasteiger charge is 2.20. The molecule has 0 aliphatic rings. The lowest BCUT2D eigenvalue weighted by molar-refractivity contribution is 0.588. The molecule has 0 bridgehead atoms. The molecule has 0 aliphatic heterocycles. The molecular weight excluding hydrogens is 439 g/mol. The summed E-state index contributed by atoms with van der Waals surface area (Å²) >= 11 is 12.1.